The Morgan fingerprint density at radius 2 is 2.44 bits per heavy atom. The SMILES string of the molecule is Clc1cccc2ncn(CC3CCNC3)c12. The Kier molecular flexibility index (Phi) is 2.58. The molecule has 1 aromatic carbocycles. The summed E-state index contributed by atoms with van der Waals surface area (Å²) in [5, 5.41) is 4.17. The van der Waals surface area contributed by atoms with Gasteiger partial charge in [0, 0.05) is 6.54 Å². The van der Waals surface area contributed by atoms with Crippen LogP contribution in [-0.4, -0.2) is 22.6 Å². The first-order valence-corrected chi connectivity index (χ1v) is 6.02. The molecule has 0 radical (unpaired) electrons. The molecular formula is C12H14ClN3. The highest BCUT2D eigenvalue weighted by Crippen LogP contribution is 2.24. The lowest BCUT2D eigenvalue weighted by atomic mass is 10.1. The number of hydrogen-bond donors (Lipinski definition) is 1. The Morgan fingerprint density at radius 3 is 3.25 bits per heavy atom. The van der Waals surface area contributed by atoms with Crippen LogP contribution in [0.2, 0.25) is 5.02 Å². The topological polar surface area (TPSA) is 29.9 Å². The summed E-state index contributed by atoms with van der Waals surface area (Å²) in [5.41, 5.74) is 2.05. The molecule has 1 N–H and O–H groups in total. The third-order valence-corrected chi connectivity index (χ3v) is 3.51. The Labute approximate surface area is 99.4 Å². The minimum Gasteiger partial charge on any atom is -0.329 e. The van der Waals surface area contributed by atoms with Gasteiger partial charge in [0.15, 0.2) is 0 Å². The van der Waals surface area contributed by atoms with Crippen LogP contribution < -0.4 is 5.32 Å². The summed E-state index contributed by atoms with van der Waals surface area (Å²) in [4.78, 5) is 4.38. The Bertz CT molecular complexity index is 500. The molecule has 1 aliphatic rings. The van der Waals surface area contributed by atoms with Gasteiger partial charge >= 0.3 is 0 Å². The van der Waals surface area contributed by atoms with E-state index in [1.54, 1.807) is 0 Å². The van der Waals surface area contributed by atoms with Gasteiger partial charge in [0.1, 0.15) is 0 Å². The number of nitrogens with zero attached hydrogens (tertiary/aromatic N) is 2. The van der Waals surface area contributed by atoms with Crippen molar-refractivity contribution < 1.29 is 0 Å². The summed E-state index contributed by atoms with van der Waals surface area (Å²) in [6.45, 7) is 3.24. The van der Waals surface area contributed by atoms with E-state index in [2.05, 4.69) is 14.9 Å². The first kappa shape index (κ1) is 10.1. The number of fused-ring (bicyclic) bond motifs is 1. The van der Waals surface area contributed by atoms with E-state index in [1.165, 1.54) is 6.42 Å². The van der Waals surface area contributed by atoms with Crippen molar-refractivity contribution in [1.82, 2.24) is 14.9 Å². The quantitative estimate of drug-likeness (QED) is 0.866. The average Bonchev–Trinajstić information content (AvgIpc) is 2.90. The van der Waals surface area contributed by atoms with Crippen molar-refractivity contribution in [1.29, 1.82) is 0 Å². The van der Waals surface area contributed by atoms with Crippen molar-refractivity contribution >= 4 is 22.6 Å². The molecule has 4 heteroatoms. The fourth-order valence-electron chi connectivity index (χ4n) is 2.37. The number of para-hydroxylation sites is 1. The smallest absolute Gasteiger partial charge is 0.0958 e. The Balaban J connectivity index is 1.97. The highest BCUT2D eigenvalue weighted by atomic mass is 35.5. The summed E-state index contributed by atoms with van der Waals surface area (Å²) in [6, 6.07) is 5.87. The standard InChI is InChI=1S/C12H14ClN3/c13-10-2-1-3-11-12(10)16(8-15-11)7-9-4-5-14-6-9/h1-3,8-9,14H,4-7H2. The number of halogens is 1. The normalized spacial score (nSPS) is 20.7. The molecule has 0 saturated carbocycles. The first-order valence-electron chi connectivity index (χ1n) is 5.64. The van der Waals surface area contributed by atoms with Gasteiger partial charge in [-0.15, -0.1) is 0 Å². The van der Waals surface area contributed by atoms with Crippen LogP contribution in [-0.2, 0) is 6.54 Å². The van der Waals surface area contributed by atoms with E-state index >= 15 is 0 Å². The fraction of sp³-hybridized carbons (Fsp3) is 0.417. The largest absolute Gasteiger partial charge is 0.329 e. The van der Waals surface area contributed by atoms with E-state index in [0.717, 1.165) is 35.7 Å². The zero-order valence-electron chi connectivity index (χ0n) is 8.99. The summed E-state index contributed by atoms with van der Waals surface area (Å²) >= 11 is 6.21. The maximum atomic E-state index is 6.21. The third-order valence-electron chi connectivity index (χ3n) is 3.21. The van der Waals surface area contributed by atoms with Crippen molar-refractivity contribution in [2.75, 3.05) is 13.1 Å². The van der Waals surface area contributed by atoms with Crippen LogP contribution in [0, 0.1) is 5.92 Å². The minimum atomic E-state index is 0.702. The summed E-state index contributed by atoms with van der Waals surface area (Å²) < 4.78 is 2.18. The van der Waals surface area contributed by atoms with Crippen LogP contribution in [0.25, 0.3) is 11.0 Å². The monoisotopic (exact) mass is 235 g/mol. The molecule has 1 aliphatic heterocycles. The number of aromatic nitrogens is 2. The molecule has 0 bridgehead atoms. The van der Waals surface area contributed by atoms with Gasteiger partial charge in [0.05, 0.1) is 22.4 Å². The summed E-state index contributed by atoms with van der Waals surface area (Å²) in [5.74, 6) is 0.702. The molecule has 1 aromatic heterocycles. The third kappa shape index (κ3) is 1.70. The maximum Gasteiger partial charge on any atom is 0.0958 e. The summed E-state index contributed by atoms with van der Waals surface area (Å²) in [7, 11) is 0. The molecular weight excluding hydrogens is 222 g/mol. The van der Waals surface area contributed by atoms with Crippen molar-refractivity contribution in [3.05, 3.63) is 29.5 Å². The number of imidazole rings is 1. The first-order chi connectivity index (χ1) is 7.84. The molecule has 1 fully saturated rings. The Hall–Kier alpha value is -1.06. The lowest BCUT2D eigenvalue weighted by Crippen LogP contribution is -2.14. The van der Waals surface area contributed by atoms with Crippen LogP contribution in [0.3, 0.4) is 0 Å². The molecule has 16 heavy (non-hydrogen) atoms. The van der Waals surface area contributed by atoms with Gasteiger partial charge in [-0.3, -0.25) is 0 Å². The van der Waals surface area contributed by atoms with E-state index in [-0.39, 0.29) is 0 Å². The van der Waals surface area contributed by atoms with Gasteiger partial charge in [-0.25, -0.2) is 4.98 Å². The van der Waals surface area contributed by atoms with Gasteiger partial charge in [-0.2, -0.15) is 0 Å². The minimum absolute atomic E-state index is 0.702. The van der Waals surface area contributed by atoms with Crippen LogP contribution >= 0.6 is 11.6 Å². The van der Waals surface area contributed by atoms with Gasteiger partial charge in [-0.1, -0.05) is 17.7 Å². The van der Waals surface area contributed by atoms with Gasteiger partial charge in [0.25, 0.3) is 0 Å². The zero-order chi connectivity index (χ0) is 11.0. The molecule has 0 aliphatic carbocycles. The van der Waals surface area contributed by atoms with Gasteiger partial charge in [0.2, 0.25) is 0 Å². The molecule has 2 heterocycles. The predicted molar refractivity (Wildman–Crippen MR) is 65.7 cm³/mol. The fourth-order valence-corrected chi connectivity index (χ4v) is 2.65. The van der Waals surface area contributed by atoms with Crippen LogP contribution in [0.1, 0.15) is 6.42 Å². The van der Waals surface area contributed by atoms with Crippen molar-refractivity contribution in [3.8, 4) is 0 Å². The highest BCUT2D eigenvalue weighted by Gasteiger charge is 2.16. The lowest BCUT2D eigenvalue weighted by molar-refractivity contribution is 0.489. The lowest BCUT2D eigenvalue weighted by Gasteiger charge is -2.10. The van der Waals surface area contributed by atoms with E-state index in [4.69, 9.17) is 11.6 Å². The molecule has 1 atom stereocenters. The van der Waals surface area contributed by atoms with Crippen LogP contribution in [0.15, 0.2) is 24.5 Å². The molecule has 2 aromatic rings. The molecule has 1 saturated heterocycles. The molecule has 3 rings (SSSR count). The molecule has 0 amide bonds. The van der Waals surface area contributed by atoms with Gasteiger partial charge < -0.3 is 9.88 Å². The van der Waals surface area contributed by atoms with E-state index < -0.39 is 0 Å². The predicted octanol–water partition coefficient (Wildman–Crippen LogP) is 2.30. The second-order valence-corrected chi connectivity index (χ2v) is 4.77. The van der Waals surface area contributed by atoms with Crippen molar-refractivity contribution in [2.24, 2.45) is 5.92 Å². The van der Waals surface area contributed by atoms with E-state index in [0.29, 0.717) is 5.92 Å². The van der Waals surface area contributed by atoms with Crippen molar-refractivity contribution in [3.63, 3.8) is 0 Å². The van der Waals surface area contributed by atoms with E-state index in [9.17, 15) is 0 Å². The van der Waals surface area contributed by atoms with Crippen molar-refractivity contribution in [2.45, 2.75) is 13.0 Å². The Morgan fingerprint density at radius 1 is 1.50 bits per heavy atom. The summed E-state index contributed by atoms with van der Waals surface area (Å²) in [6.07, 6.45) is 3.14. The number of benzene rings is 1. The second-order valence-electron chi connectivity index (χ2n) is 4.36. The molecule has 84 valence electrons. The second kappa shape index (κ2) is 4.07. The molecule has 0 spiro atoms. The maximum absolute atomic E-state index is 6.21. The zero-order valence-corrected chi connectivity index (χ0v) is 9.74. The number of rotatable bonds is 2. The van der Waals surface area contributed by atoms with Crippen LogP contribution in [0.4, 0.5) is 0 Å². The van der Waals surface area contributed by atoms with E-state index in [1.807, 2.05) is 24.5 Å². The number of nitrogens with one attached hydrogen (secondary N) is 1. The van der Waals surface area contributed by atoms with Gasteiger partial charge in [-0.05, 0) is 37.6 Å². The molecule has 1 unspecified atom stereocenters. The average molecular weight is 236 g/mol. The number of hydrogen-bond acceptors (Lipinski definition) is 2. The highest BCUT2D eigenvalue weighted by molar-refractivity contribution is 6.34. The molecule has 3 nitrogen and oxygen atoms in total. The van der Waals surface area contributed by atoms with Crippen LogP contribution in [0.5, 0.6) is 0 Å².